The number of hydrogen-bond acceptors (Lipinski definition) is 3. The van der Waals surface area contributed by atoms with E-state index in [1.807, 2.05) is 0 Å². The Balaban J connectivity index is 3.70. The van der Waals surface area contributed by atoms with Gasteiger partial charge in [0, 0.05) is 7.05 Å². The summed E-state index contributed by atoms with van der Waals surface area (Å²) in [7, 11) is 1.05. The number of carbonyl (C=O) groups is 1. The molecular weight excluding hydrogens is 181 g/mol. The molecule has 0 saturated heterocycles. The fourth-order valence-electron chi connectivity index (χ4n) is 0.790. The Labute approximate surface area is 71.0 Å². The summed E-state index contributed by atoms with van der Waals surface area (Å²) in [6.45, 7) is 0. The van der Waals surface area contributed by atoms with Crippen LogP contribution in [0.3, 0.4) is 0 Å². The van der Waals surface area contributed by atoms with E-state index >= 15 is 0 Å². The standard InChI is InChI=1S/C6H6FN3O3/c1-9-4(11)3(7)2-10(5(8)12)6(9)13/h2H,1H3,(H2,8,12). The summed E-state index contributed by atoms with van der Waals surface area (Å²) in [5, 5.41) is 0. The molecule has 0 atom stereocenters. The van der Waals surface area contributed by atoms with Gasteiger partial charge < -0.3 is 5.73 Å². The average Bonchev–Trinajstić information content (AvgIpc) is 2.07. The summed E-state index contributed by atoms with van der Waals surface area (Å²) >= 11 is 0. The lowest BCUT2D eigenvalue weighted by Gasteiger charge is -2.01. The van der Waals surface area contributed by atoms with Gasteiger partial charge >= 0.3 is 11.7 Å². The second-order valence-corrected chi connectivity index (χ2v) is 2.33. The minimum absolute atomic E-state index is 0.316. The van der Waals surface area contributed by atoms with E-state index < -0.39 is 23.1 Å². The van der Waals surface area contributed by atoms with Crippen LogP contribution in [0.5, 0.6) is 0 Å². The third kappa shape index (κ3) is 1.35. The Morgan fingerprint density at radius 1 is 1.54 bits per heavy atom. The van der Waals surface area contributed by atoms with Crippen molar-refractivity contribution in [1.29, 1.82) is 0 Å². The van der Waals surface area contributed by atoms with Crippen molar-refractivity contribution in [3.05, 3.63) is 32.9 Å². The molecule has 1 rings (SSSR count). The number of halogens is 1. The molecule has 0 bridgehead atoms. The van der Waals surface area contributed by atoms with Gasteiger partial charge in [0.2, 0.25) is 5.82 Å². The average molecular weight is 187 g/mol. The van der Waals surface area contributed by atoms with Gasteiger partial charge in [-0.3, -0.25) is 9.36 Å². The van der Waals surface area contributed by atoms with E-state index in [0.29, 0.717) is 15.3 Å². The molecular formula is C6H6FN3O3. The Morgan fingerprint density at radius 3 is 2.54 bits per heavy atom. The van der Waals surface area contributed by atoms with Crippen molar-refractivity contribution >= 4 is 6.03 Å². The topological polar surface area (TPSA) is 87.1 Å². The van der Waals surface area contributed by atoms with Gasteiger partial charge in [-0.1, -0.05) is 0 Å². The van der Waals surface area contributed by atoms with E-state index in [1.165, 1.54) is 0 Å². The van der Waals surface area contributed by atoms with Crippen molar-refractivity contribution in [2.75, 3.05) is 0 Å². The molecule has 0 unspecified atom stereocenters. The van der Waals surface area contributed by atoms with Crippen LogP contribution < -0.4 is 17.0 Å². The summed E-state index contributed by atoms with van der Waals surface area (Å²) in [5.74, 6) is -1.21. The highest BCUT2D eigenvalue weighted by Gasteiger charge is 2.10. The highest BCUT2D eigenvalue weighted by molar-refractivity contribution is 5.74. The van der Waals surface area contributed by atoms with Crippen LogP contribution in [0.4, 0.5) is 9.18 Å². The molecule has 1 amide bonds. The predicted molar refractivity (Wildman–Crippen MR) is 40.9 cm³/mol. The van der Waals surface area contributed by atoms with Crippen molar-refractivity contribution < 1.29 is 9.18 Å². The van der Waals surface area contributed by atoms with Crippen LogP contribution in [-0.2, 0) is 7.05 Å². The lowest BCUT2D eigenvalue weighted by molar-refractivity contribution is 0.248. The first-order valence-electron chi connectivity index (χ1n) is 3.23. The first-order chi connectivity index (χ1) is 5.95. The van der Waals surface area contributed by atoms with Crippen molar-refractivity contribution in [3.8, 4) is 0 Å². The summed E-state index contributed by atoms with van der Waals surface area (Å²) in [6, 6.07) is -1.14. The van der Waals surface area contributed by atoms with Gasteiger partial charge in [-0.2, -0.15) is 4.39 Å². The Kier molecular flexibility index (Phi) is 2.01. The zero-order chi connectivity index (χ0) is 10.2. The maximum absolute atomic E-state index is 12.7. The summed E-state index contributed by atoms with van der Waals surface area (Å²) < 4.78 is 13.5. The van der Waals surface area contributed by atoms with Crippen molar-refractivity contribution in [2.24, 2.45) is 12.8 Å². The van der Waals surface area contributed by atoms with E-state index in [2.05, 4.69) is 0 Å². The molecule has 7 heteroatoms. The third-order valence-corrected chi connectivity index (χ3v) is 1.48. The van der Waals surface area contributed by atoms with Crippen LogP contribution in [0.1, 0.15) is 0 Å². The van der Waals surface area contributed by atoms with Gasteiger partial charge in [0.25, 0.3) is 5.56 Å². The lowest BCUT2D eigenvalue weighted by Crippen LogP contribution is -2.43. The number of amides is 1. The molecule has 13 heavy (non-hydrogen) atoms. The summed E-state index contributed by atoms with van der Waals surface area (Å²) in [6.07, 6.45) is 0.465. The molecule has 0 aliphatic rings. The van der Waals surface area contributed by atoms with Crippen LogP contribution in [0.25, 0.3) is 0 Å². The maximum Gasteiger partial charge on any atom is 0.339 e. The van der Waals surface area contributed by atoms with Crippen LogP contribution in [0.15, 0.2) is 15.8 Å². The van der Waals surface area contributed by atoms with Gasteiger partial charge in [-0.25, -0.2) is 14.2 Å². The van der Waals surface area contributed by atoms with E-state index in [4.69, 9.17) is 5.73 Å². The van der Waals surface area contributed by atoms with Crippen molar-refractivity contribution in [1.82, 2.24) is 9.13 Å². The fraction of sp³-hybridized carbons (Fsp3) is 0.167. The highest BCUT2D eigenvalue weighted by Crippen LogP contribution is 1.83. The number of nitrogens with two attached hydrogens (primary N) is 1. The largest absolute Gasteiger partial charge is 0.351 e. The molecule has 0 aliphatic heterocycles. The molecule has 6 nitrogen and oxygen atoms in total. The number of carbonyl (C=O) groups excluding carboxylic acids is 1. The molecule has 0 fully saturated rings. The number of primary amides is 1. The lowest BCUT2D eigenvalue weighted by atomic mass is 10.6. The molecule has 0 radical (unpaired) electrons. The molecule has 0 aliphatic carbocycles. The quantitative estimate of drug-likeness (QED) is 0.542. The monoisotopic (exact) mass is 187 g/mol. The van der Waals surface area contributed by atoms with Crippen LogP contribution in [-0.4, -0.2) is 15.2 Å². The van der Waals surface area contributed by atoms with Crippen LogP contribution in [0, 0.1) is 5.82 Å². The Hall–Kier alpha value is -1.92. The van der Waals surface area contributed by atoms with Crippen LogP contribution >= 0.6 is 0 Å². The van der Waals surface area contributed by atoms with E-state index in [0.717, 1.165) is 7.05 Å². The molecule has 0 spiro atoms. The number of hydrogen-bond donors (Lipinski definition) is 1. The van der Waals surface area contributed by atoms with Crippen molar-refractivity contribution in [2.45, 2.75) is 0 Å². The van der Waals surface area contributed by atoms with E-state index in [1.54, 1.807) is 0 Å². The molecule has 1 aromatic rings. The number of nitrogens with zero attached hydrogens (tertiary/aromatic N) is 2. The molecule has 1 aromatic heterocycles. The Bertz CT molecular complexity index is 473. The van der Waals surface area contributed by atoms with Gasteiger partial charge in [0.1, 0.15) is 0 Å². The maximum atomic E-state index is 12.7. The first kappa shape index (κ1) is 9.17. The smallest absolute Gasteiger partial charge is 0.339 e. The normalized spacial score (nSPS) is 10.0. The Morgan fingerprint density at radius 2 is 2.08 bits per heavy atom. The third-order valence-electron chi connectivity index (χ3n) is 1.48. The van der Waals surface area contributed by atoms with Gasteiger partial charge in [-0.05, 0) is 0 Å². The zero-order valence-electron chi connectivity index (χ0n) is 6.65. The minimum atomic E-state index is -1.21. The van der Waals surface area contributed by atoms with E-state index in [9.17, 15) is 18.8 Å². The molecule has 2 N–H and O–H groups in total. The van der Waals surface area contributed by atoms with Crippen molar-refractivity contribution in [3.63, 3.8) is 0 Å². The van der Waals surface area contributed by atoms with Gasteiger partial charge in [0.15, 0.2) is 0 Å². The second-order valence-electron chi connectivity index (χ2n) is 2.33. The fourth-order valence-corrected chi connectivity index (χ4v) is 0.790. The minimum Gasteiger partial charge on any atom is -0.351 e. The number of rotatable bonds is 0. The predicted octanol–water partition coefficient (Wildman–Crippen LogP) is -1.39. The molecule has 1 heterocycles. The van der Waals surface area contributed by atoms with Gasteiger partial charge in [-0.15, -0.1) is 0 Å². The molecule has 0 saturated carbocycles. The zero-order valence-corrected chi connectivity index (χ0v) is 6.65. The summed E-state index contributed by atoms with van der Waals surface area (Å²) in [5.41, 5.74) is 2.68. The van der Waals surface area contributed by atoms with Crippen LogP contribution in [0.2, 0.25) is 0 Å². The molecule has 0 aromatic carbocycles. The van der Waals surface area contributed by atoms with Gasteiger partial charge in [0.05, 0.1) is 6.20 Å². The molecule has 70 valence electrons. The second kappa shape index (κ2) is 2.85. The van der Waals surface area contributed by atoms with E-state index in [-0.39, 0.29) is 0 Å². The summed E-state index contributed by atoms with van der Waals surface area (Å²) in [4.78, 5) is 32.4. The first-order valence-corrected chi connectivity index (χ1v) is 3.23. The SMILES string of the molecule is Cn1c(=O)c(F)cn(C(N)=O)c1=O. The number of aromatic nitrogens is 2. The highest BCUT2D eigenvalue weighted by atomic mass is 19.1.